The summed E-state index contributed by atoms with van der Waals surface area (Å²) >= 11 is 0. The molecule has 1 aromatic carbocycles. The summed E-state index contributed by atoms with van der Waals surface area (Å²) < 4.78 is 0. The number of aryl methyl sites for hydroxylation is 1. The number of aromatic amines is 1. The average Bonchev–Trinajstić information content (AvgIpc) is 2.94. The number of hydrogen-bond acceptors (Lipinski definition) is 5. The average molecular weight is 320 g/mol. The number of fused-ring (bicyclic) bond motifs is 3. The second-order valence-corrected chi connectivity index (χ2v) is 6.48. The van der Waals surface area contributed by atoms with Gasteiger partial charge in [-0.25, -0.2) is 5.43 Å². The van der Waals surface area contributed by atoms with Crippen molar-refractivity contribution in [3.8, 4) is 0 Å². The van der Waals surface area contributed by atoms with E-state index >= 15 is 0 Å². The number of allylic oxidation sites excluding steroid dienone is 2. The van der Waals surface area contributed by atoms with Crippen molar-refractivity contribution in [2.24, 2.45) is 11.0 Å². The van der Waals surface area contributed by atoms with Crippen LogP contribution in [-0.4, -0.2) is 26.4 Å². The largest absolute Gasteiger partial charge is 0.338 e. The number of H-pyrrole nitrogens is 1. The molecule has 1 aliphatic carbocycles. The summed E-state index contributed by atoms with van der Waals surface area (Å²) in [5.41, 5.74) is 8.08. The lowest BCUT2D eigenvalue weighted by Gasteiger charge is -2.15. The highest BCUT2D eigenvalue weighted by atomic mass is 15.4. The Morgan fingerprint density at radius 2 is 2.21 bits per heavy atom. The molecule has 6 nitrogen and oxygen atoms in total. The highest BCUT2D eigenvalue weighted by Gasteiger charge is 2.11. The molecule has 0 aliphatic heterocycles. The topological polar surface area (TPSA) is 78.8 Å². The number of nitrogens with one attached hydrogen (secondary N) is 2. The molecular formula is C18H20N6. The molecule has 2 heterocycles. The van der Waals surface area contributed by atoms with Gasteiger partial charge in [0.15, 0.2) is 5.65 Å². The molecule has 2 N–H and O–H groups in total. The van der Waals surface area contributed by atoms with Crippen LogP contribution in [0.1, 0.15) is 31.7 Å². The zero-order valence-electron chi connectivity index (χ0n) is 13.9. The summed E-state index contributed by atoms with van der Waals surface area (Å²) in [5.74, 6) is 0.888. The molecule has 1 aliphatic rings. The Morgan fingerprint density at radius 3 is 3.04 bits per heavy atom. The molecule has 122 valence electrons. The Morgan fingerprint density at radius 1 is 1.29 bits per heavy atom. The minimum Gasteiger partial charge on any atom is -0.338 e. The lowest BCUT2D eigenvalue weighted by molar-refractivity contribution is 0.607. The van der Waals surface area contributed by atoms with Crippen molar-refractivity contribution in [3.63, 3.8) is 0 Å². The fourth-order valence-corrected chi connectivity index (χ4v) is 3.05. The molecular weight excluding hydrogens is 300 g/mol. The van der Waals surface area contributed by atoms with Gasteiger partial charge in [-0.1, -0.05) is 23.3 Å². The maximum Gasteiger partial charge on any atom is 0.265 e. The first-order valence-electron chi connectivity index (χ1n) is 8.26. The van der Waals surface area contributed by atoms with E-state index in [1.54, 1.807) is 0 Å². The number of hydrogen-bond donors (Lipinski definition) is 2. The van der Waals surface area contributed by atoms with E-state index in [9.17, 15) is 0 Å². The lowest BCUT2D eigenvalue weighted by atomic mass is 9.91. The van der Waals surface area contributed by atoms with Crippen LogP contribution in [0, 0.1) is 12.8 Å². The van der Waals surface area contributed by atoms with E-state index in [2.05, 4.69) is 62.7 Å². The van der Waals surface area contributed by atoms with Crippen LogP contribution in [0.4, 0.5) is 5.95 Å². The highest BCUT2D eigenvalue weighted by Crippen LogP contribution is 2.24. The van der Waals surface area contributed by atoms with Crippen molar-refractivity contribution in [1.29, 1.82) is 0 Å². The summed E-state index contributed by atoms with van der Waals surface area (Å²) in [6.07, 6.45) is 7.58. The van der Waals surface area contributed by atoms with Gasteiger partial charge in [0.05, 0.1) is 0 Å². The van der Waals surface area contributed by atoms with E-state index < -0.39 is 0 Å². The van der Waals surface area contributed by atoms with E-state index in [1.807, 2.05) is 12.3 Å². The lowest BCUT2D eigenvalue weighted by Crippen LogP contribution is -2.07. The Balaban J connectivity index is 1.54. The van der Waals surface area contributed by atoms with Gasteiger partial charge in [0.2, 0.25) is 0 Å². The predicted molar refractivity (Wildman–Crippen MR) is 97.1 cm³/mol. The summed E-state index contributed by atoms with van der Waals surface area (Å²) in [4.78, 5) is 7.75. The molecule has 2 aromatic heterocycles. The van der Waals surface area contributed by atoms with Gasteiger partial charge in [-0.05, 0) is 51.2 Å². The van der Waals surface area contributed by atoms with Crippen LogP contribution >= 0.6 is 0 Å². The van der Waals surface area contributed by atoms with E-state index in [0.29, 0.717) is 11.9 Å². The number of anilines is 1. The van der Waals surface area contributed by atoms with Crippen molar-refractivity contribution in [2.75, 3.05) is 5.43 Å². The van der Waals surface area contributed by atoms with Gasteiger partial charge in [0, 0.05) is 17.1 Å². The van der Waals surface area contributed by atoms with Crippen LogP contribution in [-0.2, 0) is 0 Å². The molecule has 3 aromatic rings. The van der Waals surface area contributed by atoms with Crippen LogP contribution in [0.5, 0.6) is 0 Å². The number of hydrazone groups is 1. The second kappa shape index (κ2) is 6.03. The molecule has 4 rings (SSSR count). The monoisotopic (exact) mass is 320 g/mol. The third-order valence-corrected chi connectivity index (χ3v) is 4.50. The summed E-state index contributed by atoms with van der Waals surface area (Å²) in [6, 6.07) is 6.20. The Hall–Kier alpha value is -2.76. The molecule has 0 radical (unpaired) electrons. The van der Waals surface area contributed by atoms with Crippen molar-refractivity contribution in [3.05, 3.63) is 35.4 Å². The zero-order valence-corrected chi connectivity index (χ0v) is 13.9. The third-order valence-electron chi connectivity index (χ3n) is 4.50. The van der Waals surface area contributed by atoms with Gasteiger partial charge < -0.3 is 4.98 Å². The molecule has 0 saturated heterocycles. The maximum atomic E-state index is 4.47. The summed E-state index contributed by atoms with van der Waals surface area (Å²) in [7, 11) is 0. The molecule has 24 heavy (non-hydrogen) atoms. The molecule has 0 saturated carbocycles. The first-order valence-corrected chi connectivity index (χ1v) is 8.26. The Labute approximate surface area is 140 Å². The fraction of sp³-hybridized carbons (Fsp3) is 0.333. The van der Waals surface area contributed by atoms with Crippen molar-refractivity contribution < 1.29 is 0 Å². The molecule has 0 amide bonds. The Bertz CT molecular complexity index is 953. The minimum absolute atomic E-state index is 0.407. The van der Waals surface area contributed by atoms with Gasteiger partial charge in [-0.2, -0.15) is 10.1 Å². The maximum absolute atomic E-state index is 4.47. The molecule has 0 spiro atoms. The molecule has 0 fully saturated rings. The van der Waals surface area contributed by atoms with Crippen molar-refractivity contribution in [2.45, 2.75) is 33.1 Å². The summed E-state index contributed by atoms with van der Waals surface area (Å²) in [5, 5.41) is 13.8. The minimum atomic E-state index is 0.407. The van der Waals surface area contributed by atoms with E-state index in [-0.39, 0.29) is 0 Å². The van der Waals surface area contributed by atoms with Crippen LogP contribution in [0.15, 0.2) is 34.9 Å². The van der Waals surface area contributed by atoms with Crippen molar-refractivity contribution in [1.82, 2.24) is 20.2 Å². The predicted octanol–water partition coefficient (Wildman–Crippen LogP) is 3.96. The molecule has 1 atom stereocenters. The van der Waals surface area contributed by atoms with Gasteiger partial charge in [-0.3, -0.25) is 0 Å². The van der Waals surface area contributed by atoms with Gasteiger partial charge in [-0.15, -0.1) is 10.2 Å². The number of benzene rings is 1. The number of aromatic nitrogens is 4. The van der Waals surface area contributed by atoms with Gasteiger partial charge in [0.1, 0.15) is 5.52 Å². The van der Waals surface area contributed by atoms with Crippen molar-refractivity contribution >= 4 is 34.2 Å². The normalized spacial score (nSPS) is 18.4. The standard InChI is InChI=1S/C18H20N6/c1-11-3-6-13(7-4-11)10-19-23-18-21-17-16(22-24-18)14-9-12(2)5-8-15(14)20-17/h3,5,8-10,13H,4,6-7H2,1-2H3,(H2,20,21,23,24)/b19-10-/t13-/m0/s1. The van der Waals surface area contributed by atoms with Gasteiger partial charge >= 0.3 is 0 Å². The second-order valence-electron chi connectivity index (χ2n) is 6.48. The summed E-state index contributed by atoms with van der Waals surface area (Å²) in [6.45, 7) is 4.24. The van der Waals surface area contributed by atoms with E-state index in [1.165, 1.54) is 11.1 Å². The van der Waals surface area contributed by atoms with E-state index in [0.717, 1.165) is 41.3 Å². The van der Waals surface area contributed by atoms with Crippen LogP contribution in [0.25, 0.3) is 22.1 Å². The zero-order chi connectivity index (χ0) is 16.5. The first-order chi connectivity index (χ1) is 11.7. The van der Waals surface area contributed by atoms with Gasteiger partial charge in [0.25, 0.3) is 5.95 Å². The number of nitrogens with zero attached hydrogens (tertiary/aromatic N) is 4. The smallest absolute Gasteiger partial charge is 0.265 e. The molecule has 0 unspecified atom stereocenters. The van der Waals surface area contributed by atoms with Crippen LogP contribution < -0.4 is 5.43 Å². The first kappa shape index (κ1) is 14.8. The SMILES string of the molecule is CC1=CC[C@H](/C=N\Nc2nnc3c(n2)[nH]c2ccc(C)cc23)CC1. The van der Waals surface area contributed by atoms with Crippen LogP contribution in [0.3, 0.4) is 0 Å². The third kappa shape index (κ3) is 2.87. The molecule has 6 heteroatoms. The highest BCUT2D eigenvalue weighted by molar-refractivity contribution is 6.03. The Kier molecular flexibility index (Phi) is 3.72. The molecule has 0 bridgehead atoms. The van der Waals surface area contributed by atoms with E-state index in [4.69, 9.17) is 0 Å². The fourth-order valence-electron chi connectivity index (χ4n) is 3.05. The quantitative estimate of drug-likeness (QED) is 0.435. The van der Waals surface area contributed by atoms with Crippen LogP contribution in [0.2, 0.25) is 0 Å². The number of rotatable bonds is 3.